The van der Waals surface area contributed by atoms with Crippen molar-refractivity contribution in [2.75, 3.05) is 0 Å². The van der Waals surface area contributed by atoms with Gasteiger partial charge in [0.25, 0.3) is 0 Å². The lowest BCUT2D eigenvalue weighted by Crippen LogP contribution is -1.88. The topological polar surface area (TPSA) is 28.7 Å². The highest BCUT2D eigenvalue weighted by atomic mass is 14.7. The van der Waals surface area contributed by atoms with Gasteiger partial charge in [0.05, 0.1) is 22.4 Å². The van der Waals surface area contributed by atoms with Crippen molar-refractivity contribution in [3.8, 4) is 33.6 Å². The Morgan fingerprint density at radius 2 is 0.968 bits per heavy atom. The van der Waals surface area contributed by atoms with Gasteiger partial charge in [-0.05, 0) is 17.7 Å². The molecule has 0 saturated carbocycles. The Labute approximate surface area is 180 Å². The number of hydrogen-bond acceptors (Lipinski definition) is 1. The third-order valence-electron chi connectivity index (χ3n) is 5.85. The van der Waals surface area contributed by atoms with E-state index >= 15 is 0 Å². The summed E-state index contributed by atoms with van der Waals surface area (Å²) in [4.78, 5) is 8.73. The van der Waals surface area contributed by atoms with Crippen LogP contribution < -0.4 is 0 Å². The van der Waals surface area contributed by atoms with Crippen LogP contribution in [0.25, 0.3) is 55.4 Å². The van der Waals surface area contributed by atoms with Crippen LogP contribution in [-0.2, 0) is 0 Å². The van der Waals surface area contributed by atoms with E-state index in [0.29, 0.717) is 0 Å². The maximum Gasteiger partial charge on any atom is 0.0730 e. The Morgan fingerprint density at radius 3 is 1.68 bits per heavy atom. The number of hydrogen-bond donors (Lipinski definition) is 1. The third kappa shape index (κ3) is 3.01. The molecule has 6 aromatic rings. The average molecular weight is 396 g/mol. The van der Waals surface area contributed by atoms with Gasteiger partial charge in [0.1, 0.15) is 0 Å². The van der Waals surface area contributed by atoms with Gasteiger partial charge in [0.15, 0.2) is 0 Å². The maximum absolute atomic E-state index is 4.99. The first-order chi connectivity index (χ1) is 15.4. The van der Waals surface area contributed by atoms with E-state index in [2.05, 4.69) is 102 Å². The zero-order valence-corrected chi connectivity index (χ0v) is 16.9. The highest BCUT2D eigenvalue weighted by molar-refractivity contribution is 6.15. The van der Waals surface area contributed by atoms with Gasteiger partial charge in [-0.25, -0.2) is 4.98 Å². The molecule has 2 nitrogen and oxygen atoms in total. The van der Waals surface area contributed by atoms with Crippen molar-refractivity contribution >= 4 is 21.8 Å². The van der Waals surface area contributed by atoms with Gasteiger partial charge in [-0.2, -0.15) is 0 Å². The lowest BCUT2D eigenvalue weighted by molar-refractivity contribution is 1.32. The highest BCUT2D eigenvalue weighted by Crippen LogP contribution is 2.37. The van der Waals surface area contributed by atoms with Crippen LogP contribution in [0.5, 0.6) is 0 Å². The van der Waals surface area contributed by atoms with E-state index in [1.54, 1.807) is 0 Å². The number of H-pyrrole nitrogens is 1. The number of para-hydroxylation sites is 2. The van der Waals surface area contributed by atoms with Gasteiger partial charge in [-0.1, -0.05) is 103 Å². The molecule has 2 aromatic heterocycles. The molecule has 2 heterocycles. The second-order valence-electron chi connectivity index (χ2n) is 7.72. The predicted octanol–water partition coefficient (Wildman–Crippen LogP) is 7.72. The van der Waals surface area contributed by atoms with E-state index in [0.717, 1.165) is 33.5 Å². The molecule has 0 saturated heterocycles. The van der Waals surface area contributed by atoms with Crippen molar-refractivity contribution in [3.63, 3.8) is 0 Å². The van der Waals surface area contributed by atoms with Crippen molar-refractivity contribution in [2.45, 2.75) is 0 Å². The third-order valence-corrected chi connectivity index (χ3v) is 5.85. The number of rotatable bonds is 3. The van der Waals surface area contributed by atoms with Crippen molar-refractivity contribution in [1.82, 2.24) is 9.97 Å². The molecule has 4 aromatic carbocycles. The number of nitrogens with one attached hydrogen (secondary N) is 1. The fraction of sp³-hybridized carbons (Fsp3) is 0. The summed E-state index contributed by atoms with van der Waals surface area (Å²) in [6.07, 6.45) is 0. The number of benzene rings is 4. The van der Waals surface area contributed by atoms with E-state index in [4.69, 9.17) is 4.98 Å². The summed E-state index contributed by atoms with van der Waals surface area (Å²) in [5.74, 6) is 0. The van der Waals surface area contributed by atoms with Crippen molar-refractivity contribution in [2.24, 2.45) is 0 Å². The summed E-state index contributed by atoms with van der Waals surface area (Å²) in [5.41, 5.74) is 8.91. The molecule has 31 heavy (non-hydrogen) atoms. The fourth-order valence-corrected chi connectivity index (χ4v) is 4.37. The molecule has 0 amide bonds. The molecular weight excluding hydrogens is 376 g/mol. The molecule has 0 aliphatic heterocycles. The van der Waals surface area contributed by atoms with E-state index in [1.807, 2.05) is 18.2 Å². The predicted molar refractivity (Wildman–Crippen MR) is 130 cm³/mol. The zero-order valence-electron chi connectivity index (χ0n) is 16.9. The SMILES string of the molecule is c1ccc(-c2cccc(-c3cccc4c3[nH]c3c(-c5ccccc5)cccc34)n2)cc1. The van der Waals surface area contributed by atoms with E-state index in [9.17, 15) is 0 Å². The second-order valence-corrected chi connectivity index (χ2v) is 7.72. The van der Waals surface area contributed by atoms with Gasteiger partial charge in [0, 0.05) is 27.5 Å². The normalized spacial score (nSPS) is 11.2. The number of aromatic amines is 1. The Hall–Kier alpha value is -4.17. The summed E-state index contributed by atoms with van der Waals surface area (Å²) in [7, 11) is 0. The second kappa shape index (κ2) is 7.26. The van der Waals surface area contributed by atoms with Crippen LogP contribution in [0.15, 0.2) is 115 Å². The first-order valence-corrected chi connectivity index (χ1v) is 10.5. The first kappa shape index (κ1) is 17.7. The Morgan fingerprint density at radius 1 is 0.419 bits per heavy atom. The average Bonchev–Trinajstić information content (AvgIpc) is 3.24. The zero-order chi connectivity index (χ0) is 20.6. The van der Waals surface area contributed by atoms with Crippen LogP contribution in [0.2, 0.25) is 0 Å². The molecule has 146 valence electrons. The van der Waals surface area contributed by atoms with Crippen LogP contribution in [0.3, 0.4) is 0 Å². The molecule has 0 aliphatic carbocycles. The maximum atomic E-state index is 4.99. The quantitative estimate of drug-likeness (QED) is 0.326. The Bertz CT molecular complexity index is 1510. The van der Waals surface area contributed by atoms with E-state index < -0.39 is 0 Å². The minimum atomic E-state index is 0.972. The molecule has 0 unspecified atom stereocenters. The summed E-state index contributed by atoms with van der Waals surface area (Å²) < 4.78 is 0. The summed E-state index contributed by atoms with van der Waals surface area (Å²) >= 11 is 0. The molecule has 0 atom stereocenters. The molecular formula is C29H20N2. The van der Waals surface area contributed by atoms with Crippen LogP contribution in [0.4, 0.5) is 0 Å². The molecule has 6 rings (SSSR count). The lowest BCUT2D eigenvalue weighted by atomic mass is 10.0. The standard InChI is InChI=1S/C29H20N2/c1-3-10-20(11-4-1)22-14-7-15-23-24-16-8-17-25(29(24)31-28(22)23)27-19-9-18-26(30-27)21-12-5-2-6-13-21/h1-19,31H. The van der Waals surface area contributed by atoms with Crippen LogP contribution in [0, 0.1) is 0 Å². The number of pyridine rings is 1. The van der Waals surface area contributed by atoms with Gasteiger partial charge < -0.3 is 4.98 Å². The van der Waals surface area contributed by atoms with Gasteiger partial charge in [-0.3, -0.25) is 0 Å². The van der Waals surface area contributed by atoms with E-state index in [-0.39, 0.29) is 0 Å². The smallest absolute Gasteiger partial charge is 0.0730 e. The van der Waals surface area contributed by atoms with Gasteiger partial charge >= 0.3 is 0 Å². The summed E-state index contributed by atoms with van der Waals surface area (Å²) in [6, 6.07) is 40.1. The molecule has 2 heteroatoms. The molecule has 0 aliphatic rings. The summed E-state index contributed by atoms with van der Waals surface area (Å²) in [5, 5.41) is 2.45. The van der Waals surface area contributed by atoms with Crippen molar-refractivity contribution in [3.05, 3.63) is 115 Å². The van der Waals surface area contributed by atoms with Crippen molar-refractivity contribution in [1.29, 1.82) is 0 Å². The van der Waals surface area contributed by atoms with Gasteiger partial charge in [0.2, 0.25) is 0 Å². The minimum absolute atomic E-state index is 0.972. The largest absolute Gasteiger partial charge is 0.353 e. The Balaban J connectivity index is 1.58. The van der Waals surface area contributed by atoms with E-state index in [1.165, 1.54) is 21.9 Å². The monoisotopic (exact) mass is 396 g/mol. The number of nitrogens with zero attached hydrogens (tertiary/aromatic N) is 1. The molecule has 0 radical (unpaired) electrons. The molecule has 0 bridgehead atoms. The fourth-order valence-electron chi connectivity index (χ4n) is 4.37. The lowest BCUT2D eigenvalue weighted by Gasteiger charge is -2.06. The Kier molecular flexibility index (Phi) is 4.14. The summed E-state index contributed by atoms with van der Waals surface area (Å²) in [6.45, 7) is 0. The molecule has 0 fully saturated rings. The van der Waals surface area contributed by atoms with Crippen LogP contribution >= 0.6 is 0 Å². The molecule has 1 N–H and O–H groups in total. The van der Waals surface area contributed by atoms with Gasteiger partial charge in [-0.15, -0.1) is 0 Å². The minimum Gasteiger partial charge on any atom is -0.353 e. The van der Waals surface area contributed by atoms with Crippen LogP contribution in [0.1, 0.15) is 0 Å². The number of aromatic nitrogens is 2. The molecule has 0 spiro atoms. The van der Waals surface area contributed by atoms with Crippen molar-refractivity contribution < 1.29 is 0 Å². The first-order valence-electron chi connectivity index (χ1n) is 10.5. The van der Waals surface area contributed by atoms with Crippen LogP contribution in [-0.4, -0.2) is 9.97 Å². The highest BCUT2D eigenvalue weighted by Gasteiger charge is 2.14. The number of fused-ring (bicyclic) bond motifs is 3.